The number of benzene rings is 2. The first-order valence-corrected chi connectivity index (χ1v) is 11.6. The van der Waals surface area contributed by atoms with Crippen molar-refractivity contribution in [3.63, 3.8) is 0 Å². The zero-order valence-electron chi connectivity index (χ0n) is 17.8. The molecular formula is C23H23N7OS. The molecule has 2 aromatic carbocycles. The third-order valence-corrected chi connectivity index (χ3v) is 7.24. The molecule has 6 rings (SSSR count). The molecule has 4 heterocycles. The van der Waals surface area contributed by atoms with Gasteiger partial charge in [-0.3, -0.25) is 23.6 Å². The molecule has 0 bridgehead atoms. The van der Waals surface area contributed by atoms with Gasteiger partial charge in [0.25, 0.3) is 5.56 Å². The standard InChI is InChI=1S/C23H23N7OS/c1-27-22(31)16-6-2-4-8-18(16)30-20(25-26-23(27)30)14-28-10-12-29(13-11-28)15-21-24-17-7-3-5-9-19(17)32-21/h2-9H,10-15H2,1H3. The Morgan fingerprint density at radius 2 is 1.62 bits per heavy atom. The maximum absolute atomic E-state index is 12.6. The predicted octanol–water partition coefficient (Wildman–Crippen LogP) is 2.51. The van der Waals surface area contributed by atoms with Crippen LogP contribution in [0.5, 0.6) is 0 Å². The Bertz CT molecular complexity index is 1460. The van der Waals surface area contributed by atoms with Crippen LogP contribution in [0.25, 0.3) is 26.9 Å². The van der Waals surface area contributed by atoms with E-state index in [9.17, 15) is 4.79 Å². The lowest BCUT2D eigenvalue weighted by Gasteiger charge is -2.33. The van der Waals surface area contributed by atoms with Gasteiger partial charge in [0.15, 0.2) is 5.82 Å². The Balaban J connectivity index is 1.19. The van der Waals surface area contributed by atoms with Crippen LogP contribution in [-0.4, -0.2) is 60.1 Å². The van der Waals surface area contributed by atoms with Crippen LogP contribution < -0.4 is 5.56 Å². The molecule has 1 aliphatic heterocycles. The maximum atomic E-state index is 12.6. The van der Waals surface area contributed by atoms with Crippen molar-refractivity contribution in [2.45, 2.75) is 13.1 Å². The largest absolute Gasteiger partial charge is 0.294 e. The van der Waals surface area contributed by atoms with Gasteiger partial charge in [0.2, 0.25) is 5.78 Å². The topological polar surface area (TPSA) is 71.6 Å². The SMILES string of the molecule is Cn1c(=O)c2ccccc2n2c(CN3CCN(Cc4nc5ccccc5s4)CC3)nnc12. The minimum absolute atomic E-state index is 0.0458. The highest BCUT2D eigenvalue weighted by atomic mass is 32.1. The van der Waals surface area contributed by atoms with Gasteiger partial charge in [0.05, 0.1) is 34.2 Å². The van der Waals surface area contributed by atoms with E-state index in [1.165, 1.54) is 9.71 Å². The van der Waals surface area contributed by atoms with Gasteiger partial charge >= 0.3 is 0 Å². The summed E-state index contributed by atoms with van der Waals surface area (Å²) < 4.78 is 4.85. The van der Waals surface area contributed by atoms with Crippen molar-refractivity contribution in [2.75, 3.05) is 26.2 Å². The van der Waals surface area contributed by atoms with E-state index < -0.39 is 0 Å². The molecule has 0 radical (unpaired) electrons. The second-order valence-corrected chi connectivity index (χ2v) is 9.38. The van der Waals surface area contributed by atoms with E-state index in [0.29, 0.717) is 17.7 Å². The second-order valence-electron chi connectivity index (χ2n) is 8.26. The zero-order chi connectivity index (χ0) is 21.7. The summed E-state index contributed by atoms with van der Waals surface area (Å²) in [5.74, 6) is 1.45. The second kappa shape index (κ2) is 7.77. The fraction of sp³-hybridized carbons (Fsp3) is 0.304. The lowest BCUT2D eigenvalue weighted by molar-refractivity contribution is 0.119. The Morgan fingerprint density at radius 1 is 0.906 bits per heavy atom. The van der Waals surface area contributed by atoms with E-state index in [1.54, 1.807) is 23.0 Å². The van der Waals surface area contributed by atoms with E-state index in [0.717, 1.165) is 49.6 Å². The number of thiazole rings is 1. The van der Waals surface area contributed by atoms with E-state index >= 15 is 0 Å². The molecule has 3 aromatic heterocycles. The number of aromatic nitrogens is 5. The highest BCUT2D eigenvalue weighted by Crippen LogP contribution is 2.23. The number of para-hydroxylation sites is 2. The monoisotopic (exact) mass is 445 g/mol. The first-order chi connectivity index (χ1) is 15.7. The average molecular weight is 446 g/mol. The van der Waals surface area contributed by atoms with E-state index in [-0.39, 0.29) is 5.56 Å². The van der Waals surface area contributed by atoms with Crippen LogP contribution in [-0.2, 0) is 20.1 Å². The molecule has 5 aromatic rings. The van der Waals surface area contributed by atoms with E-state index in [1.807, 2.05) is 34.7 Å². The van der Waals surface area contributed by atoms with Crippen LogP contribution in [0.4, 0.5) is 0 Å². The Morgan fingerprint density at radius 3 is 2.44 bits per heavy atom. The molecule has 9 heteroatoms. The van der Waals surface area contributed by atoms with Crippen LogP contribution in [0.1, 0.15) is 10.8 Å². The highest BCUT2D eigenvalue weighted by Gasteiger charge is 2.21. The molecule has 0 aliphatic carbocycles. The quantitative estimate of drug-likeness (QED) is 0.423. The van der Waals surface area contributed by atoms with Gasteiger partial charge in [-0.1, -0.05) is 24.3 Å². The molecule has 162 valence electrons. The van der Waals surface area contributed by atoms with Crippen molar-refractivity contribution in [1.29, 1.82) is 0 Å². The van der Waals surface area contributed by atoms with Crippen molar-refractivity contribution in [2.24, 2.45) is 7.05 Å². The van der Waals surface area contributed by atoms with Crippen LogP contribution >= 0.6 is 11.3 Å². The first-order valence-electron chi connectivity index (χ1n) is 10.8. The molecule has 0 saturated carbocycles. The number of hydrogen-bond donors (Lipinski definition) is 0. The summed E-state index contributed by atoms with van der Waals surface area (Å²) in [6.07, 6.45) is 0. The van der Waals surface area contributed by atoms with E-state index in [2.05, 4.69) is 38.2 Å². The summed E-state index contributed by atoms with van der Waals surface area (Å²) >= 11 is 1.78. The Labute approximate surface area is 188 Å². The number of hydrogen-bond acceptors (Lipinski definition) is 7. The maximum Gasteiger partial charge on any atom is 0.262 e. The average Bonchev–Trinajstić information content (AvgIpc) is 3.42. The van der Waals surface area contributed by atoms with Gasteiger partial charge in [-0.05, 0) is 24.3 Å². The molecule has 0 atom stereocenters. The van der Waals surface area contributed by atoms with Crippen molar-refractivity contribution < 1.29 is 0 Å². The van der Waals surface area contributed by atoms with Gasteiger partial charge in [-0.25, -0.2) is 4.98 Å². The molecule has 0 N–H and O–H groups in total. The molecular weight excluding hydrogens is 422 g/mol. The van der Waals surface area contributed by atoms with Gasteiger partial charge in [0, 0.05) is 33.2 Å². The smallest absolute Gasteiger partial charge is 0.262 e. The van der Waals surface area contributed by atoms with Gasteiger partial charge < -0.3 is 0 Å². The number of fused-ring (bicyclic) bond motifs is 4. The Kier molecular flexibility index (Phi) is 4.74. The zero-order valence-corrected chi connectivity index (χ0v) is 18.6. The van der Waals surface area contributed by atoms with Crippen LogP contribution in [0, 0.1) is 0 Å². The van der Waals surface area contributed by atoms with Gasteiger partial charge in [-0.2, -0.15) is 0 Å². The lowest BCUT2D eigenvalue weighted by atomic mass is 10.2. The van der Waals surface area contributed by atoms with Gasteiger partial charge in [0.1, 0.15) is 5.01 Å². The minimum Gasteiger partial charge on any atom is -0.294 e. The van der Waals surface area contributed by atoms with Crippen molar-refractivity contribution in [1.82, 2.24) is 33.9 Å². The minimum atomic E-state index is -0.0458. The summed E-state index contributed by atoms with van der Waals surface area (Å²) in [6, 6.07) is 16.0. The molecule has 0 spiro atoms. The number of rotatable bonds is 4. The van der Waals surface area contributed by atoms with E-state index in [4.69, 9.17) is 4.98 Å². The molecule has 1 aliphatic rings. The summed E-state index contributed by atoms with van der Waals surface area (Å²) in [6.45, 7) is 5.51. The third-order valence-electron chi connectivity index (χ3n) is 6.22. The molecule has 8 nitrogen and oxygen atoms in total. The summed E-state index contributed by atoms with van der Waals surface area (Å²) in [5, 5.41) is 10.6. The number of aryl methyl sites for hydroxylation is 1. The summed E-state index contributed by atoms with van der Waals surface area (Å²) in [5.41, 5.74) is 1.90. The number of piperazine rings is 1. The lowest BCUT2D eigenvalue weighted by Crippen LogP contribution is -2.45. The van der Waals surface area contributed by atoms with Crippen LogP contribution in [0.15, 0.2) is 53.3 Å². The molecule has 1 fully saturated rings. The van der Waals surface area contributed by atoms with Crippen LogP contribution in [0.3, 0.4) is 0 Å². The van der Waals surface area contributed by atoms with Crippen molar-refractivity contribution in [3.05, 3.63) is 69.7 Å². The fourth-order valence-electron chi connectivity index (χ4n) is 4.48. The predicted molar refractivity (Wildman–Crippen MR) is 126 cm³/mol. The van der Waals surface area contributed by atoms with Gasteiger partial charge in [-0.15, -0.1) is 21.5 Å². The normalized spacial score (nSPS) is 15.9. The van der Waals surface area contributed by atoms with Crippen molar-refractivity contribution >= 4 is 38.2 Å². The molecule has 32 heavy (non-hydrogen) atoms. The fourth-order valence-corrected chi connectivity index (χ4v) is 5.49. The Hall–Kier alpha value is -3.14. The van der Waals surface area contributed by atoms with Crippen LogP contribution in [0.2, 0.25) is 0 Å². The summed E-state index contributed by atoms with van der Waals surface area (Å²) in [7, 11) is 1.75. The molecule has 0 amide bonds. The number of nitrogens with zero attached hydrogens (tertiary/aromatic N) is 7. The molecule has 0 unspecified atom stereocenters. The van der Waals surface area contributed by atoms with Crippen molar-refractivity contribution in [3.8, 4) is 0 Å². The third kappa shape index (κ3) is 3.29. The molecule has 1 saturated heterocycles. The summed E-state index contributed by atoms with van der Waals surface area (Å²) in [4.78, 5) is 22.3. The highest BCUT2D eigenvalue weighted by molar-refractivity contribution is 7.18. The first kappa shape index (κ1) is 19.5.